The van der Waals surface area contributed by atoms with Crippen molar-refractivity contribution < 1.29 is 0 Å². The molecule has 0 amide bonds. The van der Waals surface area contributed by atoms with Crippen molar-refractivity contribution in [3.05, 3.63) is 21.6 Å². The van der Waals surface area contributed by atoms with Crippen molar-refractivity contribution in [3.63, 3.8) is 0 Å². The number of hydrogen-bond acceptors (Lipinski definition) is 3. The minimum Gasteiger partial charge on any atom is -0.380 e. The molecule has 5 heteroatoms. The first-order valence-corrected chi connectivity index (χ1v) is 6.89. The van der Waals surface area contributed by atoms with Crippen LogP contribution in [0.1, 0.15) is 40.5 Å². The molecular formula is C13H22ClN3O. The predicted octanol–water partition coefficient (Wildman–Crippen LogP) is 3.15. The van der Waals surface area contributed by atoms with Crippen LogP contribution in [-0.4, -0.2) is 15.8 Å². The van der Waals surface area contributed by atoms with Gasteiger partial charge in [-0.05, 0) is 26.2 Å². The highest BCUT2D eigenvalue weighted by Gasteiger charge is 2.12. The van der Waals surface area contributed by atoms with Crippen LogP contribution < -0.4 is 10.9 Å². The molecule has 0 spiro atoms. The zero-order chi connectivity index (χ0) is 13.7. The second kappa shape index (κ2) is 6.78. The van der Waals surface area contributed by atoms with Gasteiger partial charge < -0.3 is 5.32 Å². The van der Waals surface area contributed by atoms with Crippen LogP contribution in [0.3, 0.4) is 0 Å². The Morgan fingerprint density at radius 1 is 1.44 bits per heavy atom. The van der Waals surface area contributed by atoms with E-state index in [2.05, 4.69) is 31.2 Å². The molecule has 0 aliphatic carbocycles. The number of nitrogens with zero attached hydrogens (tertiary/aromatic N) is 2. The average molecular weight is 272 g/mol. The monoisotopic (exact) mass is 271 g/mol. The molecule has 0 aliphatic heterocycles. The highest BCUT2D eigenvalue weighted by molar-refractivity contribution is 6.32. The van der Waals surface area contributed by atoms with Gasteiger partial charge in [0.15, 0.2) is 0 Å². The fourth-order valence-corrected chi connectivity index (χ4v) is 2.09. The van der Waals surface area contributed by atoms with Gasteiger partial charge in [0.25, 0.3) is 5.56 Å². The lowest BCUT2D eigenvalue weighted by atomic mass is 10.0. The van der Waals surface area contributed by atoms with E-state index in [-0.39, 0.29) is 16.6 Å². The second-order valence-electron chi connectivity index (χ2n) is 4.79. The second-order valence-corrected chi connectivity index (χ2v) is 5.17. The van der Waals surface area contributed by atoms with Crippen LogP contribution in [-0.2, 0) is 6.54 Å². The molecule has 0 fully saturated rings. The molecule has 4 nitrogen and oxygen atoms in total. The molecule has 0 saturated heterocycles. The molecule has 102 valence electrons. The van der Waals surface area contributed by atoms with Gasteiger partial charge in [0.2, 0.25) is 0 Å². The van der Waals surface area contributed by atoms with Crippen LogP contribution in [0.5, 0.6) is 0 Å². The third-order valence-corrected chi connectivity index (χ3v) is 3.50. The first-order valence-electron chi connectivity index (χ1n) is 6.51. The molecular weight excluding hydrogens is 250 g/mol. The van der Waals surface area contributed by atoms with Crippen LogP contribution in [0.15, 0.2) is 11.0 Å². The Morgan fingerprint density at radius 3 is 2.67 bits per heavy atom. The van der Waals surface area contributed by atoms with Crippen LogP contribution in [0.4, 0.5) is 5.69 Å². The lowest BCUT2D eigenvalue weighted by molar-refractivity contribution is 0.483. The van der Waals surface area contributed by atoms with E-state index >= 15 is 0 Å². The zero-order valence-corrected chi connectivity index (χ0v) is 12.3. The molecule has 18 heavy (non-hydrogen) atoms. The van der Waals surface area contributed by atoms with Gasteiger partial charge in [-0.15, -0.1) is 0 Å². The van der Waals surface area contributed by atoms with Crippen molar-refractivity contribution in [1.82, 2.24) is 9.78 Å². The van der Waals surface area contributed by atoms with E-state index in [4.69, 9.17) is 11.6 Å². The standard InChI is InChI=1S/C13H22ClN3O/c1-5-9(3)7-10(4)16-11-8-15-17(6-2)13(18)12(11)14/h8-10,16H,5-7H2,1-4H3. The summed E-state index contributed by atoms with van der Waals surface area (Å²) in [6.45, 7) is 8.87. The number of nitrogens with one attached hydrogen (secondary N) is 1. The van der Waals surface area contributed by atoms with Crippen molar-refractivity contribution >= 4 is 17.3 Å². The van der Waals surface area contributed by atoms with E-state index in [0.717, 1.165) is 12.8 Å². The maximum atomic E-state index is 11.8. The third-order valence-electron chi connectivity index (χ3n) is 3.14. The van der Waals surface area contributed by atoms with Gasteiger partial charge in [0, 0.05) is 12.6 Å². The fourth-order valence-electron chi connectivity index (χ4n) is 1.89. The molecule has 2 atom stereocenters. The Bertz CT molecular complexity index is 444. The van der Waals surface area contributed by atoms with Gasteiger partial charge in [-0.3, -0.25) is 4.79 Å². The lowest BCUT2D eigenvalue weighted by Gasteiger charge is -2.19. The van der Waals surface area contributed by atoms with Crippen molar-refractivity contribution in [1.29, 1.82) is 0 Å². The number of aromatic nitrogens is 2. The van der Waals surface area contributed by atoms with Gasteiger partial charge in [0.1, 0.15) is 5.02 Å². The summed E-state index contributed by atoms with van der Waals surface area (Å²) in [5, 5.41) is 7.55. The highest BCUT2D eigenvalue weighted by atomic mass is 35.5. The minimum atomic E-state index is -0.236. The average Bonchev–Trinajstić information content (AvgIpc) is 2.35. The summed E-state index contributed by atoms with van der Waals surface area (Å²) in [4.78, 5) is 11.8. The maximum Gasteiger partial charge on any atom is 0.287 e. The largest absolute Gasteiger partial charge is 0.380 e. The van der Waals surface area contributed by atoms with Crippen molar-refractivity contribution in [3.8, 4) is 0 Å². The van der Waals surface area contributed by atoms with E-state index in [9.17, 15) is 4.79 Å². The van der Waals surface area contributed by atoms with Gasteiger partial charge in [-0.2, -0.15) is 5.10 Å². The number of anilines is 1. The predicted molar refractivity (Wildman–Crippen MR) is 76.3 cm³/mol. The summed E-state index contributed by atoms with van der Waals surface area (Å²) in [5.74, 6) is 0.648. The Kier molecular flexibility index (Phi) is 5.66. The quantitative estimate of drug-likeness (QED) is 0.865. The summed E-state index contributed by atoms with van der Waals surface area (Å²) in [7, 11) is 0. The van der Waals surface area contributed by atoms with Gasteiger partial charge >= 0.3 is 0 Å². The molecule has 1 aromatic heterocycles. The van der Waals surface area contributed by atoms with Crippen molar-refractivity contribution in [2.75, 3.05) is 5.32 Å². The molecule has 0 aliphatic rings. The number of hydrogen-bond donors (Lipinski definition) is 1. The summed E-state index contributed by atoms with van der Waals surface area (Å²) in [6, 6.07) is 0.274. The molecule has 1 aromatic rings. The number of rotatable bonds is 6. The topological polar surface area (TPSA) is 46.9 Å². The summed E-state index contributed by atoms with van der Waals surface area (Å²) >= 11 is 6.06. The molecule has 1 N–H and O–H groups in total. The van der Waals surface area contributed by atoms with E-state index in [0.29, 0.717) is 18.2 Å². The van der Waals surface area contributed by atoms with E-state index in [1.165, 1.54) is 4.68 Å². The summed E-state index contributed by atoms with van der Waals surface area (Å²) in [6.07, 6.45) is 3.82. The Labute approximate surface area is 113 Å². The molecule has 1 rings (SSSR count). The molecule has 0 radical (unpaired) electrons. The van der Waals surface area contributed by atoms with Crippen LogP contribution in [0.25, 0.3) is 0 Å². The summed E-state index contributed by atoms with van der Waals surface area (Å²) < 4.78 is 1.35. The maximum absolute atomic E-state index is 11.8. The molecule has 2 unspecified atom stereocenters. The molecule has 0 saturated carbocycles. The van der Waals surface area contributed by atoms with Crippen LogP contribution in [0.2, 0.25) is 5.02 Å². The van der Waals surface area contributed by atoms with E-state index < -0.39 is 0 Å². The fraction of sp³-hybridized carbons (Fsp3) is 0.692. The SMILES string of the molecule is CCC(C)CC(C)Nc1cnn(CC)c(=O)c1Cl. The third kappa shape index (κ3) is 3.73. The Balaban J connectivity index is 2.80. The lowest BCUT2D eigenvalue weighted by Crippen LogP contribution is -2.25. The Morgan fingerprint density at radius 2 is 2.11 bits per heavy atom. The van der Waals surface area contributed by atoms with Gasteiger partial charge in [0.05, 0.1) is 11.9 Å². The highest BCUT2D eigenvalue weighted by Crippen LogP contribution is 2.19. The minimum absolute atomic E-state index is 0.225. The van der Waals surface area contributed by atoms with Crippen molar-refractivity contribution in [2.45, 2.75) is 53.1 Å². The van der Waals surface area contributed by atoms with Crippen LogP contribution >= 0.6 is 11.6 Å². The molecule has 1 heterocycles. The van der Waals surface area contributed by atoms with Crippen LogP contribution in [0, 0.1) is 5.92 Å². The first kappa shape index (κ1) is 15.0. The molecule has 0 aromatic carbocycles. The van der Waals surface area contributed by atoms with Gasteiger partial charge in [-0.1, -0.05) is 31.9 Å². The smallest absolute Gasteiger partial charge is 0.287 e. The number of halogens is 1. The van der Waals surface area contributed by atoms with Gasteiger partial charge in [-0.25, -0.2) is 4.68 Å². The van der Waals surface area contributed by atoms with Crippen molar-refractivity contribution in [2.24, 2.45) is 5.92 Å². The summed E-state index contributed by atoms with van der Waals surface area (Å²) in [5.41, 5.74) is 0.391. The number of aryl methyl sites for hydroxylation is 1. The Hall–Kier alpha value is -1.03. The van der Waals surface area contributed by atoms with E-state index in [1.807, 2.05) is 6.92 Å². The van der Waals surface area contributed by atoms with E-state index in [1.54, 1.807) is 6.20 Å². The normalized spacial score (nSPS) is 14.3. The molecule has 0 bridgehead atoms. The zero-order valence-electron chi connectivity index (χ0n) is 11.5. The first-order chi connectivity index (χ1) is 8.49.